The van der Waals surface area contributed by atoms with E-state index in [-0.39, 0.29) is 17.8 Å². The largest absolute Gasteiger partial charge is 0.343 e. The number of hydrogen-bond donors (Lipinski definition) is 2. The first-order valence-corrected chi connectivity index (χ1v) is 8.17. The number of rotatable bonds is 5. The third-order valence-electron chi connectivity index (χ3n) is 3.54. The van der Waals surface area contributed by atoms with E-state index in [1.54, 1.807) is 31.2 Å². The van der Waals surface area contributed by atoms with Crippen molar-refractivity contribution in [3.63, 3.8) is 0 Å². The zero-order valence-electron chi connectivity index (χ0n) is 13.6. The summed E-state index contributed by atoms with van der Waals surface area (Å²) in [5.74, 6) is -1.09. The molecule has 0 aliphatic heterocycles. The maximum atomic E-state index is 12.2. The van der Waals surface area contributed by atoms with Crippen LogP contribution in [0, 0.1) is 24.0 Å². The van der Waals surface area contributed by atoms with Gasteiger partial charge in [-0.25, -0.2) is 0 Å². The molecule has 130 valence electrons. The minimum atomic E-state index is -0.668. The number of carbonyl (C=O) groups excluding carboxylic acids is 2. The van der Waals surface area contributed by atoms with Crippen LogP contribution in [0.3, 0.4) is 0 Å². The molecule has 0 saturated carbocycles. The van der Waals surface area contributed by atoms with Crippen LogP contribution < -0.4 is 10.6 Å². The summed E-state index contributed by atoms with van der Waals surface area (Å²) >= 11 is 3.34. The molecular weight excluding hydrogens is 390 g/mol. The van der Waals surface area contributed by atoms with Crippen molar-refractivity contribution >= 4 is 39.1 Å². The molecule has 0 spiro atoms. The lowest BCUT2D eigenvalue weighted by Gasteiger charge is -2.10. The van der Waals surface area contributed by atoms with Crippen LogP contribution in [0.4, 0.5) is 11.4 Å². The molecule has 7 nitrogen and oxygen atoms in total. The van der Waals surface area contributed by atoms with Crippen LogP contribution >= 0.6 is 15.9 Å². The van der Waals surface area contributed by atoms with E-state index in [0.717, 1.165) is 10.0 Å². The summed E-state index contributed by atoms with van der Waals surface area (Å²) in [6.45, 7) is 3.10. The number of benzene rings is 2. The lowest BCUT2D eigenvalue weighted by atomic mass is 10.1. The monoisotopic (exact) mass is 405 g/mol. The molecule has 0 unspecified atom stereocenters. The Kier molecular flexibility index (Phi) is 5.87. The van der Waals surface area contributed by atoms with Crippen LogP contribution in [-0.2, 0) is 4.79 Å². The van der Waals surface area contributed by atoms with Crippen molar-refractivity contribution in [2.24, 2.45) is 0 Å². The second kappa shape index (κ2) is 7.89. The average Bonchev–Trinajstić information content (AvgIpc) is 2.54. The minimum Gasteiger partial charge on any atom is -0.343 e. The number of hydrogen-bond acceptors (Lipinski definition) is 4. The van der Waals surface area contributed by atoms with Crippen LogP contribution in [0.15, 0.2) is 40.9 Å². The van der Waals surface area contributed by atoms with E-state index in [9.17, 15) is 19.7 Å². The zero-order valence-corrected chi connectivity index (χ0v) is 15.2. The Bertz CT molecular complexity index is 852. The van der Waals surface area contributed by atoms with Gasteiger partial charge in [0.05, 0.1) is 11.5 Å². The molecule has 8 heteroatoms. The molecule has 0 fully saturated rings. The summed E-state index contributed by atoms with van der Waals surface area (Å²) < 4.78 is 0.892. The van der Waals surface area contributed by atoms with E-state index in [1.807, 2.05) is 13.0 Å². The SMILES string of the molecule is Cc1cc(Br)ccc1NC(=O)CNC(=O)c1cccc(C)c1[N+](=O)[O-]. The second-order valence-electron chi connectivity index (χ2n) is 5.42. The topological polar surface area (TPSA) is 101 Å². The van der Waals surface area contributed by atoms with E-state index in [0.29, 0.717) is 11.3 Å². The van der Waals surface area contributed by atoms with Gasteiger partial charge in [-0.05, 0) is 43.7 Å². The Labute approximate surface area is 152 Å². The molecule has 2 aromatic carbocycles. The highest BCUT2D eigenvalue weighted by atomic mass is 79.9. The van der Waals surface area contributed by atoms with Gasteiger partial charge in [0.25, 0.3) is 11.6 Å². The third-order valence-corrected chi connectivity index (χ3v) is 4.03. The Hall–Kier alpha value is -2.74. The number of para-hydroxylation sites is 1. The first kappa shape index (κ1) is 18.6. The predicted molar refractivity (Wildman–Crippen MR) is 97.7 cm³/mol. The number of nitrogens with zero attached hydrogens (tertiary/aromatic N) is 1. The fraction of sp³-hybridized carbons (Fsp3) is 0.176. The van der Waals surface area contributed by atoms with Crippen molar-refractivity contribution in [3.8, 4) is 0 Å². The fourth-order valence-electron chi connectivity index (χ4n) is 2.30. The fourth-order valence-corrected chi connectivity index (χ4v) is 2.78. The van der Waals surface area contributed by atoms with Gasteiger partial charge in [0.2, 0.25) is 5.91 Å². The highest BCUT2D eigenvalue weighted by Crippen LogP contribution is 2.23. The van der Waals surface area contributed by atoms with Crippen LogP contribution in [0.2, 0.25) is 0 Å². The summed E-state index contributed by atoms with van der Waals surface area (Å²) in [6, 6.07) is 9.85. The van der Waals surface area contributed by atoms with E-state index in [4.69, 9.17) is 0 Å². The molecule has 0 atom stereocenters. The highest BCUT2D eigenvalue weighted by Gasteiger charge is 2.22. The van der Waals surface area contributed by atoms with Crippen molar-refractivity contribution < 1.29 is 14.5 Å². The highest BCUT2D eigenvalue weighted by molar-refractivity contribution is 9.10. The molecule has 0 heterocycles. The number of amides is 2. The number of anilines is 1. The molecule has 2 amide bonds. The molecule has 0 aliphatic carbocycles. The second-order valence-corrected chi connectivity index (χ2v) is 6.33. The smallest absolute Gasteiger partial charge is 0.285 e. The van der Waals surface area contributed by atoms with Crippen LogP contribution in [0.5, 0.6) is 0 Å². The van der Waals surface area contributed by atoms with Gasteiger partial charge in [0.1, 0.15) is 5.56 Å². The minimum absolute atomic E-state index is 0.0716. The molecule has 25 heavy (non-hydrogen) atoms. The van der Waals surface area contributed by atoms with Gasteiger partial charge in [-0.1, -0.05) is 28.1 Å². The summed E-state index contributed by atoms with van der Waals surface area (Å²) in [6.07, 6.45) is 0. The molecule has 2 aromatic rings. The summed E-state index contributed by atoms with van der Waals surface area (Å²) in [4.78, 5) is 34.7. The van der Waals surface area contributed by atoms with Gasteiger partial charge in [-0.2, -0.15) is 0 Å². The first-order chi connectivity index (χ1) is 11.8. The van der Waals surface area contributed by atoms with E-state index in [1.165, 1.54) is 6.07 Å². The van der Waals surface area contributed by atoms with Crippen LogP contribution in [0.1, 0.15) is 21.5 Å². The summed E-state index contributed by atoms with van der Waals surface area (Å²) in [5.41, 5.74) is 1.54. The number of aryl methyl sites for hydroxylation is 2. The normalized spacial score (nSPS) is 10.2. The van der Waals surface area contributed by atoms with Crippen molar-refractivity contribution in [1.29, 1.82) is 0 Å². The quantitative estimate of drug-likeness (QED) is 0.587. The maximum absolute atomic E-state index is 12.2. The number of nitro groups is 1. The number of nitrogens with one attached hydrogen (secondary N) is 2. The average molecular weight is 406 g/mol. The lowest BCUT2D eigenvalue weighted by Crippen LogP contribution is -2.33. The van der Waals surface area contributed by atoms with Gasteiger partial charge in [-0.15, -0.1) is 0 Å². The van der Waals surface area contributed by atoms with E-state index in [2.05, 4.69) is 26.6 Å². The number of carbonyl (C=O) groups is 2. The summed E-state index contributed by atoms with van der Waals surface area (Å²) in [7, 11) is 0. The van der Waals surface area contributed by atoms with Gasteiger partial charge in [0.15, 0.2) is 0 Å². The molecule has 2 N–H and O–H groups in total. The Morgan fingerprint density at radius 1 is 1.16 bits per heavy atom. The number of nitro benzene ring substituents is 1. The zero-order chi connectivity index (χ0) is 18.6. The molecule has 0 aliphatic rings. The maximum Gasteiger partial charge on any atom is 0.285 e. The van der Waals surface area contributed by atoms with Crippen molar-refractivity contribution in [1.82, 2.24) is 5.32 Å². The van der Waals surface area contributed by atoms with Crippen LogP contribution in [0.25, 0.3) is 0 Å². The Morgan fingerprint density at radius 2 is 1.88 bits per heavy atom. The van der Waals surface area contributed by atoms with Gasteiger partial charge in [0, 0.05) is 15.7 Å². The molecular formula is C17H16BrN3O4. The van der Waals surface area contributed by atoms with E-state index < -0.39 is 16.7 Å². The Balaban J connectivity index is 2.04. The van der Waals surface area contributed by atoms with Crippen molar-refractivity contribution in [2.45, 2.75) is 13.8 Å². The third kappa shape index (κ3) is 4.63. The summed E-state index contributed by atoms with van der Waals surface area (Å²) in [5, 5.41) is 16.2. The standard InChI is InChI=1S/C17H16BrN3O4/c1-10-4-3-5-13(16(10)21(24)25)17(23)19-9-15(22)20-14-7-6-12(18)8-11(14)2/h3-8H,9H2,1-2H3,(H,19,23)(H,20,22). The lowest BCUT2D eigenvalue weighted by molar-refractivity contribution is -0.385. The first-order valence-electron chi connectivity index (χ1n) is 7.38. The molecule has 2 rings (SSSR count). The molecule has 0 bridgehead atoms. The van der Waals surface area contributed by atoms with Crippen LogP contribution in [-0.4, -0.2) is 23.3 Å². The van der Waals surface area contributed by atoms with Crippen molar-refractivity contribution in [3.05, 3.63) is 67.7 Å². The Morgan fingerprint density at radius 3 is 2.52 bits per heavy atom. The molecule has 0 saturated heterocycles. The molecule has 0 radical (unpaired) electrons. The van der Waals surface area contributed by atoms with Gasteiger partial charge in [-0.3, -0.25) is 19.7 Å². The number of halogens is 1. The molecule has 0 aromatic heterocycles. The van der Waals surface area contributed by atoms with Crippen molar-refractivity contribution in [2.75, 3.05) is 11.9 Å². The van der Waals surface area contributed by atoms with E-state index >= 15 is 0 Å². The van der Waals surface area contributed by atoms with Gasteiger partial charge >= 0.3 is 0 Å². The van der Waals surface area contributed by atoms with Gasteiger partial charge < -0.3 is 10.6 Å². The predicted octanol–water partition coefficient (Wildman–Crippen LogP) is 3.34.